The van der Waals surface area contributed by atoms with Crippen LogP contribution in [0.25, 0.3) is 0 Å². The molecule has 1 amide bonds. The normalized spacial score (nSPS) is 17.2. The van der Waals surface area contributed by atoms with E-state index in [0.717, 1.165) is 19.3 Å². The topological polar surface area (TPSA) is 104 Å². The Morgan fingerprint density at radius 3 is 2.25 bits per heavy atom. The number of hydrogen-bond acceptors (Lipinski definition) is 3. The first-order valence-electron chi connectivity index (χ1n) is 5.25. The Morgan fingerprint density at radius 1 is 1.25 bits per heavy atom. The van der Waals surface area contributed by atoms with E-state index < -0.39 is 18.0 Å². The van der Waals surface area contributed by atoms with Crippen LogP contribution < -0.4 is 5.32 Å². The summed E-state index contributed by atoms with van der Waals surface area (Å²) in [7, 11) is 0. The first-order chi connectivity index (χ1) is 7.50. The largest absolute Gasteiger partial charge is 0.481 e. The molecule has 6 heteroatoms. The third kappa shape index (κ3) is 3.52. The summed E-state index contributed by atoms with van der Waals surface area (Å²) in [6.45, 7) is 0. The second-order valence-corrected chi connectivity index (χ2v) is 3.96. The van der Waals surface area contributed by atoms with E-state index in [1.54, 1.807) is 0 Å². The molecular weight excluding hydrogens is 214 g/mol. The molecule has 90 valence electrons. The van der Waals surface area contributed by atoms with Crippen molar-refractivity contribution < 1.29 is 24.6 Å². The van der Waals surface area contributed by atoms with Crippen LogP contribution in [0.5, 0.6) is 0 Å². The Kier molecular flexibility index (Phi) is 4.28. The standard InChI is InChI=1S/C10H15NO5/c12-8(13)5-4-7(10(15)16)11-9(14)6-2-1-3-6/h6-7H,1-5H2,(H,11,14)(H,12,13)(H,15,16). The van der Waals surface area contributed by atoms with Gasteiger partial charge in [0.25, 0.3) is 0 Å². The highest BCUT2D eigenvalue weighted by Gasteiger charge is 2.29. The second-order valence-electron chi connectivity index (χ2n) is 3.96. The number of carbonyl (C=O) groups is 3. The van der Waals surface area contributed by atoms with Crippen molar-refractivity contribution in [2.24, 2.45) is 5.92 Å². The molecular formula is C10H15NO5. The van der Waals surface area contributed by atoms with Crippen molar-refractivity contribution in [2.75, 3.05) is 0 Å². The minimum atomic E-state index is -1.19. The number of carboxylic acids is 2. The van der Waals surface area contributed by atoms with Gasteiger partial charge in [-0.15, -0.1) is 0 Å². The van der Waals surface area contributed by atoms with E-state index in [4.69, 9.17) is 10.2 Å². The molecule has 1 saturated carbocycles. The summed E-state index contributed by atoms with van der Waals surface area (Å²) in [6, 6.07) is -1.09. The van der Waals surface area contributed by atoms with Crippen LogP contribution in [-0.4, -0.2) is 34.1 Å². The lowest BCUT2D eigenvalue weighted by atomic mass is 9.84. The molecule has 6 nitrogen and oxygen atoms in total. The Balaban J connectivity index is 2.40. The van der Waals surface area contributed by atoms with Gasteiger partial charge < -0.3 is 15.5 Å². The average Bonchev–Trinajstić information content (AvgIpc) is 2.08. The Labute approximate surface area is 92.6 Å². The number of carboxylic acid groups (broad SMARTS) is 2. The molecule has 0 radical (unpaired) electrons. The molecule has 1 unspecified atom stereocenters. The van der Waals surface area contributed by atoms with Crippen molar-refractivity contribution in [3.63, 3.8) is 0 Å². The van der Waals surface area contributed by atoms with Gasteiger partial charge in [0.05, 0.1) is 0 Å². The van der Waals surface area contributed by atoms with Gasteiger partial charge in [0.2, 0.25) is 5.91 Å². The van der Waals surface area contributed by atoms with Gasteiger partial charge in [-0.25, -0.2) is 4.79 Å². The zero-order valence-corrected chi connectivity index (χ0v) is 8.81. The molecule has 0 spiro atoms. The summed E-state index contributed by atoms with van der Waals surface area (Å²) in [6.07, 6.45) is 2.23. The van der Waals surface area contributed by atoms with Crippen molar-refractivity contribution in [1.29, 1.82) is 0 Å². The molecule has 0 bridgehead atoms. The maximum Gasteiger partial charge on any atom is 0.326 e. The van der Waals surface area contributed by atoms with Crippen LogP contribution in [0.4, 0.5) is 0 Å². The van der Waals surface area contributed by atoms with E-state index in [2.05, 4.69) is 5.32 Å². The number of rotatable bonds is 6. The fraction of sp³-hybridized carbons (Fsp3) is 0.700. The van der Waals surface area contributed by atoms with E-state index in [1.165, 1.54) is 0 Å². The van der Waals surface area contributed by atoms with E-state index in [0.29, 0.717) is 0 Å². The van der Waals surface area contributed by atoms with Crippen LogP contribution >= 0.6 is 0 Å². The molecule has 0 heterocycles. The highest BCUT2D eigenvalue weighted by molar-refractivity contribution is 5.85. The summed E-state index contributed by atoms with van der Waals surface area (Å²) in [5, 5.41) is 19.6. The van der Waals surface area contributed by atoms with Gasteiger partial charge in [-0.05, 0) is 19.3 Å². The van der Waals surface area contributed by atoms with Crippen molar-refractivity contribution in [1.82, 2.24) is 5.32 Å². The Bertz CT molecular complexity index is 298. The Morgan fingerprint density at radius 2 is 1.88 bits per heavy atom. The fourth-order valence-electron chi connectivity index (χ4n) is 1.49. The quantitative estimate of drug-likeness (QED) is 0.604. The third-order valence-electron chi connectivity index (χ3n) is 2.74. The van der Waals surface area contributed by atoms with E-state index in [1.807, 2.05) is 0 Å². The molecule has 1 aliphatic rings. The van der Waals surface area contributed by atoms with E-state index in [-0.39, 0.29) is 24.7 Å². The molecule has 1 rings (SSSR count). The monoisotopic (exact) mass is 229 g/mol. The van der Waals surface area contributed by atoms with Crippen molar-refractivity contribution in [2.45, 2.75) is 38.1 Å². The van der Waals surface area contributed by atoms with Crippen LogP contribution in [0, 0.1) is 5.92 Å². The summed E-state index contributed by atoms with van der Waals surface area (Å²) in [5.74, 6) is -2.62. The zero-order valence-electron chi connectivity index (χ0n) is 8.81. The number of nitrogens with one attached hydrogen (secondary N) is 1. The number of hydrogen-bond donors (Lipinski definition) is 3. The molecule has 0 aromatic rings. The number of carbonyl (C=O) groups excluding carboxylic acids is 1. The molecule has 0 aromatic carbocycles. The van der Waals surface area contributed by atoms with Gasteiger partial charge in [0.15, 0.2) is 0 Å². The lowest BCUT2D eigenvalue weighted by Gasteiger charge is -2.25. The highest BCUT2D eigenvalue weighted by atomic mass is 16.4. The van der Waals surface area contributed by atoms with Crippen LogP contribution in [-0.2, 0) is 14.4 Å². The molecule has 1 atom stereocenters. The first-order valence-corrected chi connectivity index (χ1v) is 5.25. The number of amides is 1. The first kappa shape index (κ1) is 12.5. The summed E-state index contributed by atoms with van der Waals surface area (Å²) in [4.78, 5) is 32.5. The predicted octanol–water partition coefficient (Wildman–Crippen LogP) is 0.221. The average molecular weight is 229 g/mol. The fourth-order valence-corrected chi connectivity index (χ4v) is 1.49. The summed E-state index contributed by atoms with van der Waals surface area (Å²) in [5.41, 5.74) is 0. The molecule has 0 aromatic heterocycles. The van der Waals surface area contributed by atoms with Crippen molar-refractivity contribution in [3.05, 3.63) is 0 Å². The minimum Gasteiger partial charge on any atom is -0.481 e. The maximum absolute atomic E-state index is 11.5. The smallest absolute Gasteiger partial charge is 0.326 e. The van der Waals surface area contributed by atoms with Crippen molar-refractivity contribution >= 4 is 17.8 Å². The molecule has 0 aliphatic heterocycles. The second kappa shape index (κ2) is 5.48. The minimum absolute atomic E-state index is 0.0802. The van der Waals surface area contributed by atoms with E-state index >= 15 is 0 Å². The summed E-state index contributed by atoms with van der Waals surface area (Å²) < 4.78 is 0. The number of aliphatic carboxylic acids is 2. The zero-order chi connectivity index (χ0) is 12.1. The van der Waals surface area contributed by atoms with Gasteiger partial charge in [0, 0.05) is 12.3 Å². The molecule has 1 fully saturated rings. The van der Waals surface area contributed by atoms with Crippen LogP contribution in [0.3, 0.4) is 0 Å². The Hall–Kier alpha value is -1.59. The molecule has 1 aliphatic carbocycles. The van der Waals surface area contributed by atoms with Gasteiger partial charge in [-0.3, -0.25) is 9.59 Å². The maximum atomic E-state index is 11.5. The SMILES string of the molecule is O=C(O)CCC(NC(=O)C1CCC1)C(=O)O. The van der Waals surface area contributed by atoms with Gasteiger partial charge >= 0.3 is 11.9 Å². The van der Waals surface area contributed by atoms with Crippen molar-refractivity contribution in [3.8, 4) is 0 Å². The third-order valence-corrected chi connectivity index (χ3v) is 2.74. The molecule has 0 saturated heterocycles. The van der Waals surface area contributed by atoms with Gasteiger partial charge in [-0.1, -0.05) is 6.42 Å². The molecule has 16 heavy (non-hydrogen) atoms. The summed E-state index contributed by atoms with van der Waals surface area (Å²) >= 11 is 0. The molecule has 3 N–H and O–H groups in total. The van der Waals surface area contributed by atoms with Gasteiger partial charge in [-0.2, -0.15) is 0 Å². The lowest BCUT2D eigenvalue weighted by Crippen LogP contribution is -2.45. The van der Waals surface area contributed by atoms with E-state index in [9.17, 15) is 14.4 Å². The highest BCUT2D eigenvalue weighted by Crippen LogP contribution is 2.26. The van der Waals surface area contributed by atoms with Crippen LogP contribution in [0.1, 0.15) is 32.1 Å². The lowest BCUT2D eigenvalue weighted by molar-refractivity contribution is -0.144. The predicted molar refractivity (Wildman–Crippen MR) is 53.8 cm³/mol. The van der Waals surface area contributed by atoms with Crippen LogP contribution in [0.15, 0.2) is 0 Å². The van der Waals surface area contributed by atoms with Gasteiger partial charge in [0.1, 0.15) is 6.04 Å². The van der Waals surface area contributed by atoms with Crippen LogP contribution in [0.2, 0.25) is 0 Å².